The van der Waals surface area contributed by atoms with Crippen LogP contribution in [0.4, 0.5) is 11.5 Å². The normalized spacial score (nSPS) is 10.4. The number of hydrogen-bond donors (Lipinski definition) is 2. The summed E-state index contributed by atoms with van der Waals surface area (Å²) in [5.41, 5.74) is 5.97. The number of esters is 2. The lowest BCUT2D eigenvalue weighted by atomic mass is 10.3. The van der Waals surface area contributed by atoms with Crippen molar-refractivity contribution in [1.29, 1.82) is 0 Å². The molecule has 0 saturated heterocycles. The smallest absolute Gasteiger partial charge is 0.343 e. The first-order valence-corrected chi connectivity index (χ1v) is 11.4. The van der Waals surface area contributed by atoms with E-state index >= 15 is 0 Å². The Balaban J connectivity index is 1.78. The predicted octanol–water partition coefficient (Wildman–Crippen LogP) is 2.27. The van der Waals surface area contributed by atoms with Gasteiger partial charge in [0.25, 0.3) is 5.91 Å². The summed E-state index contributed by atoms with van der Waals surface area (Å²) in [4.78, 5) is 56.9. The van der Waals surface area contributed by atoms with Crippen molar-refractivity contribution in [3.63, 3.8) is 0 Å². The number of nitrogen functional groups attached to an aromatic ring is 1. The lowest BCUT2D eigenvalue weighted by Crippen LogP contribution is -2.37. The topological polar surface area (TPSA) is 154 Å². The summed E-state index contributed by atoms with van der Waals surface area (Å²) >= 11 is 12.9. The zero-order chi connectivity index (χ0) is 25.3. The Labute approximate surface area is 209 Å². The van der Waals surface area contributed by atoms with Crippen molar-refractivity contribution in [2.24, 2.45) is 0 Å². The molecule has 1 aromatic carbocycles. The lowest BCUT2D eigenvalue weighted by molar-refractivity contribution is -0.149. The first kappa shape index (κ1) is 27.2. The van der Waals surface area contributed by atoms with Gasteiger partial charge in [-0.3, -0.25) is 14.4 Å². The first-order valence-electron chi connectivity index (χ1n) is 9.68. The number of nitrogens with one attached hydrogen (secondary N) is 1. The van der Waals surface area contributed by atoms with Gasteiger partial charge in [0.1, 0.15) is 11.4 Å². The van der Waals surface area contributed by atoms with Gasteiger partial charge in [-0.1, -0.05) is 41.0 Å². The molecule has 2 aromatic rings. The molecule has 0 aliphatic carbocycles. The van der Waals surface area contributed by atoms with Gasteiger partial charge in [0.05, 0.1) is 34.6 Å². The number of likely N-dealkylation sites (N-methyl/N-ethyl adjacent to an activating group) is 1. The van der Waals surface area contributed by atoms with Crippen LogP contribution in [0.5, 0.6) is 0 Å². The molecule has 2 amide bonds. The van der Waals surface area contributed by atoms with Gasteiger partial charge < -0.3 is 25.4 Å². The van der Waals surface area contributed by atoms with Crippen molar-refractivity contribution >= 4 is 70.2 Å². The fraction of sp³-hybridized carbons (Fsp3) is 0.300. The molecule has 0 atom stereocenters. The van der Waals surface area contributed by atoms with Crippen molar-refractivity contribution in [2.75, 3.05) is 43.6 Å². The SMILES string of the molecule is CCOC(=O)c1cnc(SCC(=O)OCC(=O)N(C)CC(=O)Nc2c(Cl)cccc2Cl)nc1N. The first-order chi connectivity index (χ1) is 16.1. The standard InChI is InChI=1S/C20H21Cl2N5O6S/c1-3-32-19(31)11-7-24-20(26-18(11)23)34-10-16(30)33-9-15(29)27(2)8-14(28)25-17-12(21)5-4-6-13(17)22/h4-7H,3,8-10H2,1-2H3,(H,25,28)(H2,23,24,26). The number of carbonyl (C=O) groups is 4. The third-order valence-electron chi connectivity index (χ3n) is 4.00. The summed E-state index contributed by atoms with van der Waals surface area (Å²) in [5.74, 6) is -2.79. The minimum Gasteiger partial charge on any atom is -0.462 e. The van der Waals surface area contributed by atoms with Crippen LogP contribution in [0.2, 0.25) is 10.0 Å². The Hall–Kier alpha value is -3.09. The third-order valence-corrected chi connectivity index (χ3v) is 5.47. The number of benzene rings is 1. The quantitative estimate of drug-likeness (QED) is 0.266. The molecule has 0 fully saturated rings. The van der Waals surface area contributed by atoms with Gasteiger partial charge in [0, 0.05) is 13.2 Å². The summed E-state index contributed by atoms with van der Waals surface area (Å²) in [6.45, 7) is 0.946. The molecule has 0 saturated carbocycles. The van der Waals surface area contributed by atoms with Crippen LogP contribution < -0.4 is 11.1 Å². The molecular weight excluding hydrogens is 509 g/mol. The molecule has 1 aromatic heterocycles. The van der Waals surface area contributed by atoms with Crippen molar-refractivity contribution < 1.29 is 28.7 Å². The average molecular weight is 530 g/mol. The van der Waals surface area contributed by atoms with Crippen LogP contribution >= 0.6 is 35.0 Å². The molecule has 0 spiro atoms. The van der Waals surface area contributed by atoms with E-state index in [1.54, 1.807) is 25.1 Å². The van der Waals surface area contributed by atoms with Gasteiger partial charge in [-0.15, -0.1) is 0 Å². The maximum atomic E-state index is 12.2. The number of halogens is 2. The van der Waals surface area contributed by atoms with E-state index in [0.29, 0.717) is 0 Å². The minimum absolute atomic E-state index is 0.0169. The van der Waals surface area contributed by atoms with Gasteiger partial charge in [0.15, 0.2) is 11.8 Å². The van der Waals surface area contributed by atoms with Crippen LogP contribution in [0.25, 0.3) is 0 Å². The highest BCUT2D eigenvalue weighted by Crippen LogP contribution is 2.29. The van der Waals surface area contributed by atoms with E-state index < -0.39 is 30.4 Å². The van der Waals surface area contributed by atoms with Crippen molar-refractivity contribution in [2.45, 2.75) is 12.1 Å². The molecule has 14 heteroatoms. The average Bonchev–Trinajstić information content (AvgIpc) is 2.78. The van der Waals surface area contributed by atoms with Crippen LogP contribution in [0, 0.1) is 0 Å². The second kappa shape index (κ2) is 13.0. The van der Waals surface area contributed by atoms with Crippen LogP contribution in [-0.4, -0.2) is 71.2 Å². The van der Waals surface area contributed by atoms with Crippen LogP contribution in [0.3, 0.4) is 0 Å². The zero-order valence-electron chi connectivity index (χ0n) is 18.2. The van der Waals surface area contributed by atoms with E-state index in [0.717, 1.165) is 16.7 Å². The van der Waals surface area contributed by atoms with Crippen molar-refractivity contribution in [3.8, 4) is 0 Å². The van der Waals surface area contributed by atoms with E-state index in [1.807, 2.05) is 0 Å². The molecule has 2 rings (SSSR count). The minimum atomic E-state index is -0.712. The predicted molar refractivity (Wildman–Crippen MR) is 127 cm³/mol. The summed E-state index contributed by atoms with van der Waals surface area (Å²) in [7, 11) is 1.38. The third kappa shape index (κ3) is 8.04. The maximum Gasteiger partial charge on any atom is 0.343 e. The largest absolute Gasteiger partial charge is 0.462 e. The summed E-state index contributed by atoms with van der Waals surface area (Å²) in [6.07, 6.45) is 1.20. The number of aromatic nitrogens is 2. The van der Waals surface area contributed by atoms with Crippen LogP contribution in [0.1, 0.15) is 17.3 Å². The van der Waals surface area contributed by atoms with E-state index in [-0.39, 0.29) is 51.2 Å². The van der Waals surface area contributed by atoms with Gasteiger partial charge in [-0.25, -0.2) is 14.8 Å². The fourth-order valence-corrected chi connectivity index (χ4v) is 3.44. The second-order valence-corrected chi connectivity index (χ2v) is 8.27. The highest BCUT2D eigenvalue weighted by Gasteiger charge is 2.18. The summed E-state index contributed by atoms with van der Waals surface area (Å²) < 4.78 is 9.76. The Bertz CT molecular complexity index is 1070. The number of thioether (sulfide) groups is 1. The maximum absolute atomic E-state index is 12.2. The number of amides is 2. The van der Waals surface area contributed by atoms with E-state index in [9.17, 15) is 19.2 Å². The molecule has 1 heterocycles. The zero-order valence-corrected chi connectivity index (χ0v) is 20.5. The molecule has 34 heavy (non-hydrogen) atoms. The molecule has 11 nitrogen and oxygen atoms in total. The number of para-hydroxylation sites is 1. The fourth-order valence-electron chi connectivity index (χ4n) is 2.33. The summed E-state index contributed by atoms with van der Waals surface area (Å²) in [6, 6.07) is 4.75. The number of ether oxygens (including phenoxy) is 2. The molecule has 0 radical (unpaired) electrons. The van der Waals surface area contributed by atoms with Gasteiger partial charge in [0.2, 0.25) is 5.91 Å². The van der Waals surface area contributed by atoms with E-state index in [1.165, 1.54) is 13.2 Å². The Morgan fingerprint density at radius 2 is 1.85 bits per heavy atom. The molecule has 0 aliphatic heterocycles. The van der Waals surface area contributed by atoms with E-state index in [2.05, 4.69) is 15.3 Å². The van der Waals surface area contributed by atoms with Crippen LogP contribution in [-0.2, 0) is 23.9 Å². The Kier molecular flexibility index (Phi) is 10.4. The van der Waals surface area contributed by atoms with Crippen molar-refractivity contribution in [1.82, 2.24) is 14.9 Å². The summed E-state index contributed by atoms with van der Waals surface area (Å²) in [5, 5.41) is 3.17. The highest BCUT2D eigenvalue weighted by atomic mass is 35.5. The molecule has 182 valence electrons. The Morgan fingerprint density at radius 3 is 2.47 bits per heavy atom. The number of nitrogens with two attached hydrogens (primary N) is 1. The molecule has 0 aliphatic rings. The van der Waals surface area contributed by atoms with Crippen LogP contribution in [0.15, 0.2) is 29.6 Å². The number of carbonyl (C=O) groups excluding carboxylic acids is 4. The molecule has 3 N–H and O–H groups in total. The highest BCUT2D eigenvalue weighted by molar-refractivity contribution is 7.99. The monoisotopic (exact) mass is 529 g/mol. The number of hydrogen-bond acceptors (Lipinski definition) is 10. The molecule has 0 bridgehead atoms. The second-order valence-electron chi connectivity index (χ2n) is 6.52. The Morgan fingerprint density at radius 1 is 1.18 bits per heavy atom. The van der Waals surface area contributed by atoms with Gasteiger partial charge in [-0.05, 0) is 19.1 Å². The van der Waals surface area contributed by atoms with E-state index in [4.69, 9.17) is 38.4 Å². The van der Waals surface area contributed by atoms with Crippen molar-refractivity contribution in [3.05, 3.63) is 40.0 Å². The number of nitrogens with zero attached hydrogens (tertiary/aromatic N) is 3. The van der Waals surface area contributed by atoms with Gasteiger partial charge >= 0.3 is 11.9 Å². The number of anilines is 2. The lowest BCUT2D eigenvalue weighted by Gasteiger charge is -2.17. The van der Waals surface area contributed by atoms with Gasteiger partial charge in [-0.2, -0.15) is 0 Å². The molecular formula is C20H21Cl2N5O6S. The number of rotatable bonds is 10. The molecule has 0 unspecified atom stereocenters.